The van der Waals surface area contributed by atoms with Crippen LogP contribution in [0, 0.1) is 12.8 Å². The monoisotopic (exact) mass is 375 g/mol. The molecule has 0 saturated heterocycles. The topological polar surface area (TPSA) is 72.5 Å². The van der Waals surface area contributed by atoms with Gasteiger partial charge in [0.1, 0.15) is 4.88 Å². The summed E-state index contributed by atoms with van der Waals surface area (Å²) in [7, 11) is 1.80. The van der Waals surface area contributed by atoms with Crippen LogP contribution in [-0.2, 0) is 0 Å². The number of anilines is 1. The number of thiazole rings is 1. The van der Waals surface area contributed by atoms with E-state index in [-0.39, 0.29) is 17.9 Å². The minimum Gasteiger partial charge on any atom is -0.490 e. The van der Waals surface area contributed by atoms with Gasteiger partial charge in [0.05, 0.1) is 24.9 Å². The molecule has 2 aromatic rings. The summed E-state index contributed by atoms with van der Waals surface area (Å²) in [5, 5.41) is 6.89. The summed E-state index contributed by atoms with van der Waals surface area (Å²) in [5.74, 6) is 1.62. The van der Waals surface area contributed by atoms with Crippen molar-refractivity contribution in [3.05, 3.63) is 34.3 Å². The van der Waals surface area contributed by atoms with Crippen LogP contribution in [0.4, 0.5) is 5.13 Å². The molecule has 1 unspecified atom stereocenters. The van der Waals surface area contributed by atoms with Gasteiger partial charge in [-0.05, 0) is 30.5 Å². The van der Waals surface area contributed by atoms with Crippen molar-refractivity contribution in [2.45, 2.75) is 33.2 Å². The average molecular weight is 375 g/mol. The van der Waals surface area contributed by atoms with Gasteiger partial charge in [-0.3, -0.25) is 4.79 Å². The van der Waals surface area contributed by atoms with Crippen molar-refractivity contribution in [2.75, 3.05) is 25.6 Å². The third kappa shape index (κ3) is 3.93. The van der Waals surface area contributed by atoms with Gasteiger partial charge < -0.3 is 20.1 Å². The number of fused-ring (bicyclic) bond motifs is 1. The van der Waals surface area contributed by atoms with E-state index >= 15 is 0 Å². The van der Waals surface area contributed by atoms with Crippen LogP contribution in [0.25, 0.3) is 0 Å². The first-order valence-corrected chi connectivity index (χ1v) is 9.67. The molecular formula is C19H25N3O3S. The predicted molar refractivity (Wildman–Crippen MR) is 103 cm³/mol. The van der Waals surface area contributed by atoms with E-state index in [4.69, 9.17) is 9.47 Å². The summed E-state index contributed by atoms with van der Waals surface area (Å²) in [6, 6.07) is 5.77. The Morgan fingerprint density at radius 3 is 2.62 bits per heavy atom. The lowest BCUT2D eigenvalue weighted by Crippen LogP contribution is -2.31. The summed E-state index contributed by atoms with van der Waals surface area (Å²) in [5.41, 5.74) is 1.74. The summed E-state index contributed by atoms with van der Waals surface area (Å²) >= 11 is 1.36. The molecule has 1 aromatic carbocycles. The molecule has 0 aliphatic carbocycles. The zero-order chi connectivity index (χ0) is 18.7. The van der Waals surface area contributed by atoms with Crippen LogP contribution in [-0.4, -0.2) is 31.2 Å². The standard InChI is InChI=1S/C19H25N3O3S/c1-11(2)16(22-18(23)17-12(3)21-19(20-4)26-17)13-6-7-14-15(10-13)25-9-5-8-24-14/h6-7,10-11,16H,5,8-9H2,1-4H3,(H,20,21)(H,22,23). The summed E-state index contributed by atoms with van der Waals surface area (Å²) in [6.07, 6.45) is 0.868. The molecule has 6 nitrogen and oxygen atoms in total. The van der Waals surface area contributed by atoms with Crippen molar-refractivity contribution in [1.29, 1.82) is 0 Å². The normalized spacial score (nSPS) is 14.7. The smallest absolute Gasteiger partial charge is 0.263 e. The summed E-state index contributed by atoms with van der Waals surface area (Å²) < 4.78 is 11.5. The molecule has 0 spiro atoms. The fraction of sp³-hybridized carbons (Fsp3) is 0.474. The van der Waals surface area contributed by atoms with Gasteiger partial charge in [-0.2, -0.15) is 0 Å². The minimum atomic E-state index is -0.126. The number of amides is 1. The van der Waals surface area contributed by atoms with Crippen LogP contribution in [0.1, 0.15) is 47.2 Å². The van der Waals surface area contributed by atoms with Gasteiger partial charge >= 0.3 is 0 Å². The molecule has 0 bridgehead atoms. The van der Waals surface area contributed by atoms with E-state index in [0.717, 1.165) is 34.3 Å². The van der Waals surface area contributed by atoms with Crippen molar-refractivity contribution >= 4 is 22.4 Å². The SMILES string of the molecule is CNc1nc(C)c(C(=O)NC(c2ccc3c(c2)OCCCO3)C(C)C)s1. The third-order valence-corrected chi connectivity index (χ3v) is 5.47. The lowest BCUT2D eigenvalue weighted by molar-refractivity contribution is 0.0929. The number of nitrogens with zero attached hydrogens (tertiary/aromatic N) is 1. The van der Waals surface area contributed by atoms with Crippen LogP contribution in [0.2, 0.25) is 0 Å². The van der Waals surface area contributed by atoms with Crippen LogP contribution >= 0.6 is 11.3 Å². The largest absolute Gasteiger partial charge is 0.490 e. The number of aryl methyl sites for hydroxylation is 1. The lowest BCUT2D eigenvalue weighted by atomic mass is 9.95. The average Bonchev–Trinajstić information content (AvgIpc) is 2.85. The quantitative estimate of drug-likeness (QED) is 0.832. The van der Waals surface area contributed by atoms with E-state index < -0.39 is 0 Å². The molecule has 3 rings (SSSR count). The van der Waals surface area contributed by atoms with Gasteiger partial charge in [0.15, 0.2) is 16.6 Å². The van der Waals surface area contributed by atoms with Crippen LogP contribution in [0.5, 0.6) is 11.5 Å². The molecule has 0 saturated carbocycles. The highest BCUT2D eigenvalue weighted by atomic mass is 32.1. The Hall–Kier alpha value is -2.28. The Bertz CT molecular complexity index is 788. The van der Waals surface area contributed by atoms with E-state index in [1.54, 1.807) is 7.05 Å². The van der Waals surface area contributed by atoms with Crippen molar-refractivity contribution in [1.82, 2.24) is 10.3 Å². The molecule has 26 heavy (non-hydrogen) atoms. The Kier molecular flexibility index (Phi) is 5.66. The molecular weight excluding hydrogens is 350 g/mol. The highest BCUT2D eigenvalue weighted by Crippen LogP contribution is 2.34. The van der Waals surface area contributed by atoms with E-state index in [1.165, 1.54) is 11.3 Å². The number of ether oxygens (including phenoxy) is 2. The first-order chi connectivity index (χ1) is 12.5. The first kappa shape index (κ1) is 18.5. The molecule has 7 heteroatoms. The maximum absolute atomic E-state index is 12.8. The lowest BCUT2D eigenvalue weighted by Gasteiger charge is -2.23. The molecule has 1 aliphatic heterocycles. The molecule has 0 fully saturated rings. The highest BCUT2D eigenvalue weighted by molar-refractivity contribution is 7.17. The molecule has 1 aliphatic rings. The number of carbonyl (C=O) groups is 1. The zero-order valence-corrected chi connectivity index (χ0v) is 16.4. The van der Waals surface area contributed by atoms with Gasteiger partial charge in [0.25, 0.3) is 5.91 Å². The second-order valence-electron chi connectivity index (χ2n) is 6.64. The highest BCUT2D eigenvalue weighted by Gasteiger charge is 2.24. The number of hydrogen-bond acceptors (Lipinski definition) is 6. The number of nitrogens with one attached hydrogen (secondary N) is 2. The predicted octanol–water partition coefficient (Wildman–Crippen LogP) is 3.78. The number of hydrogen-bond donors (Lipinski definition) is 2. The van der Waals surface area contributed by atoms with Gasteiger partial charge in [0, 0.05) is 13.5 Å². The molecule has 1 atom stereocenters. The second-order valence-corrected chi connectivity index (χ2v) is 7.63. The molecule has 140 valence electrons. The molecule has 1 aromatic heterocycles. The molecule has 2 heterocycles. The van der Waals surface area contributed by atoms with Crippen LogP contribution in [0.15, 0.2) is 18.2 Å². The van der Waals surface area contributed by atoms with Crippen molar-refractivity contribution in [3.8, 4) is 11.5 Å². The minimum absolute atomic E-state index is 0.104. The maximum Gasteiger partial charge on any atom is 0.263 e. The summed E-state index contributed by atoms with van der Waals surface area (Å²) in [6.45, 7) is 7.33. The van der Waals surface area contributed by atoms with E-state index in [2.05, 4.69) is 29.5 Å². The first-order valence-electron chi connectivity index (χ1n) is 8.85. The number of benzene rings is 1. The van der Waals surface area contributed by atoms with Crippen molar-refractivity contribution in [2.24, 2.45) is 5.92 Å². The van der Waals surface area contributed by atoms with Crippen molar-refractivity contribution < 1.29 is 14.3 Å². The Labute approximate surface area is 157 Å². The fourth-order valence-electron chi connectivity index (χ4n) is 2.93. The van der Waals surface area contributed by atoms with Crippen LogP contribution in [0.3, 0.4) is 0 Å². The number of rotatable bonds is 5. The van der Waals surface area contributed by atoms with Gasteiger partial charge in [-0.1, -0.05) is 31.3 Å². The van der Waals surface area contributed by atoms with Gasteiger partial charge in [-0.25, -0.2) is 4.98 Å². The van der Waals surface area contributed by atoms with Gasteiger partial charge in [0.2, 0.25) is 0 Å². The molecule has 2 N–H and O–H groups in total. The Morgan fingerprint density at radius 1 is 1.23 bits per heavy atom. The van der Waals surface area contributed by atoms with E-state index in [1.807, 2.05) is 25.1 Å². The molecule has 0 radical (unpaired) electrons. The third-order valence-electron chi connectivity index (χ3n) is 4.30. The Morgan fingerprint density at radius 2 is 1.96 bits per heavy atom. The van der Waals surface area contributed by atoms with E-state index in [0.29, 0.717) is 18.1 Å². The zero-order valence-electron chi connectivity index (χ0n) is 15.6. The van der Waals surface area contributed by atoms with E-state index in [9.17, 15) is 4.79 Å². The summed E-state index contributed by atoms with van der Waals surface area (Å²) in [4.78, 5) is 17.8. The van der Waals surface area contributed by atoms with Gasteiger partial charge in [-0.15, -0.1) is 0 Å². The van der Waals surface area contributed by atoms with Crippen LogP contribution < -0.4 is 20.1 Å². The maximum atomic E-state index is 12.8. The molecule has 1 amide bonds. The fourth-order valence-corrected chi connectivity index (χ4v) is 3.75. The Balaban J connectivity index is 1.84. The number of carbonyl (C=O) groups excluding carboxylic acids is 1. The van der Waals surface area contributed by atoms with Crippen molar-refractivity contribution in [3.63, 3.8) is 0 Å². The number of aromatic nitrogens is 1. The second kappa shape index (κ2) is 7.95.